The normalized spacial score (nSPS) is 12.2. The molecule has 12 heteroatoms. The molecule has 0 spiro atoms. The van der Waals surface area contributed by atoms with E-state index < -0.39 is 15.9 Å². The fourth-order valence-electron chi connectivity index (χ4n) is 1.96. The molecule has 0 fully saturated rings. The van der Waals surface area contributed by atoms with Crippen LogP contribution in [0, 0.1) is 0 Å². The Bertz CT molecular complexity index is 868. The number of alkyl halides is 3. The summed E-state index contributed by atoms with van der Waals surface area (Å²) in [5.74, 6) is -0.471. The Labute approximate surface area is 205 Å². The van der Waals surface area contributed by atoms with E-state index in [4.69, 9.17) is 81.8 Å². The molecule has 0 aliphatic rings. The van der Waals surface area contributed by atoms with Crippen molar-refractivity contribution in [3.8, 4) is 0 Å². The first kappa shape index (κ1) is 24.1. The van der Waals surface area contributed by atoms with Crippen LogP contribution in [0.1, 0.15) is 10.4 Å². The summed E-state index contributed by atoms with van der Waals surface area (Å²) < 4.78 is -1.09. The van der Waals surface area contributed by atoms with Gasteiger partial charge in [-0.25, -0.2) is 0 Å². The van der Waals surface area contributed by atoms with Crippen molar-refractivity contribution in [2.45, 2.75) is 9.96 Å². The summed E-state index contributed by atoms with van der Waals surface area (Å²) in [6.07, 6.45) is -1.15. The molecule has 0 unspecified atom stereocenters. The van der Waals surface area contributed by atoms with Crippen LogP contribution in [0.3, 0.4) is 0 Å². The molecule has 1 amide bonds. The molecule has 0 radical (unpaired) electrons. The van der Waals surface area contributed by atoms with Crippen LogP contribution < -0.4 is 16.0 Å². The maximum Gasteiger partial charge on any atom is 0.252 e. The van der Waals surface area contributed by atoms with Crippen molar-refractivity contribution in [1.29, 1.82) is 0 Å². The summed E-state index contributed by atoms with van der Waals surface area (Å²) in [6, 6.07) is 9.62. The highest BCUT2D eigenvalue weighted by Gasteiger charge is 2.35. The van der Waals surface area contributed by atoms with E-state index in [0.717, 1.165) is 4.47 Å². The zero-order chi connectivity index (χ0) is 21.1. The first-order valence-corrected chi connectivity index (χ1v) is 10.8. The predicted octanol–water partition coefficient (Wildman–Crippen LogP) is 6.82. The van der Waals surface area contributed by atoms with Gasteiger partial charge in [-0.05, 0) is 48.6 Å². The molecule has 2 aromatic rings. The molecule has 0 aromatic heterocycles. The third-order valence-electron chi connectivity index (χ3n) is 3.23. The third kappa shape index (κ3) is 6.96. The standard InChI is InChI=1S/C16H10BrCl6N3OS/c17-8-3-1-7(2-4-8)13(27)25-14(16(21,22)23)26-15(28)24-12-10(19)5-9(18)6-11(12)20/h1-6,14H,(H,25,27)(H2,24,26,28)/t14-/m0/s1. The van der Waals surface area contributed by atoms with E-state index in [1.54, 1.807) is 24.3 Å². The molecule has 4 nitrogen and oxygen atoms in total. The smallest absolute Gasteiger partial charge is 0.252 e. The molecule has 0 aliphatic carbocycles. The quantitative estimate of drug-likeness (QED) is 0.210. The van der Waals surface area contributed by atoms with Gasteiger partial charge in [0, 0.05) is 15.1 Å². The lowest BCUT2D eigenvalue weighted by atomic mass is 10.2. The van der Waals surface area contributed by atoms with Gasteiger partial charge in [-0.3, -0.25) is 4.79 Å². The average Bonchev–Trinajstić information content (AvgIpc) is 2.57. The zero-order valence-corrected chi connectivity index (χ0v) is 20.4. The van der Waals surface area contributed by atoms with Crippen LogP contribution in [-0.2, 0) is 0 Å². The lowest BCUT2D eigenvalue weighted by Crippen LogP contribution is -2.56. The molecular weight excluding hydrogens is 575 g/mol. The number of hydrogen-bond donors (Lipinski definition) is 3. The van der Waals surface area contributed by atoms with Crippen LogP contribution in [0.2, 0.25) is 15.1 Å². The zero-order valence-electron chi connectivity index (χ0n) is 13.5. The highest BCUT2D eigenvalue weighted by Crippen LogP contribution is 2.34. The Morgan fingerprint density at radius 3 is 2.04 bits per heavy atom. The van der Waals surface area contributed by atoms with Crippen LogP contribution in [-0.4, -0.2) is 21.0 Å². The number of carbonyl (C=O) groups excluding carboxylic acids is 1. The monoisotopic (exact) mass is 581 g/mol. The summed E-state index contributed by atoms with van der Waals surface area (Å²) in [4.78, 5) is 12.4. The van der Waals surface area contributed by atoms with Gasteiger partial charge >= 0.3 is 0 Å². The molecule has 0 bridgehead atoms. The number of nitrogens with one attached hydrogen (secondary N) is 3. The van der Waals surface area contributed by atoms with Crippen LogP contribution in [0.5, 0.6) is 0 Å². The number of rotatable bonds is 4. The van der Waals surface area contributed by atoms with Crippen LogP contribution in [0.4, 0.5) is 5.69 Å². The molecule has 2 aromatic carbocycles. The van der Waals surface area contributed by atoms with E-state index in [9.17, 15) is 4.79 Å². The Hall–Kier alpha value is -0.180. The minimum atomic E-state index is -1.91. The van der Waals surface area contributed by atoms with Gasteiger partial charge in [0.05, 0.1) is 15.7 Å². The number of anilines is 1. The summed E-state index contributed by atoms with van der Waals surface area (Å²) in [6.45, 7) is 0. The van der Waals surface area contributed by atoms with Crippen molar-refractivity contribution in [2.24, 2.45) is 0 Å². The molecule has 0 heterocycles. The molecule has 0 aliphatic heterocycles. The predicted molar refractivity (Wildman–Crippen MR) is 127 cm³/mol. The summed E-state index contributed by atoms with van der Waals surface area (Å²) in [5, 5.41) is 8.94. The van der Waals surface area contributed by atoms with Crippen LogP contribution in [0.15, 0.2) is 40.9 Å². The molecule has 0 saturated heterocycles. The molecule has 3 N–H and O–H groups in total. The van der Waals surface area contributed by atoms with E-state index in [2.05, 4.69) is 31.9 Å². The lowest BCUT2D eigenvalue weighted by molar-refractivity contribution is 0.0934. The minimum absolute atomic E-state index is 0.0125. The molecule has 0 saturated carbocycles. The Morgan fingerprint density at radius 1 is 1.00 bits per heavy atom. The van der Waals surface area contributed by atoms with Gasteiger partial charge in [-0.2, -0.15) is 0 Å². The Morgan fingerprint density at radius 2 is 1.54 bits per heavy atom. The van der Waals surface area contributed by atoms with Gasteiger partial charge in [-0.15, -0.1) is 0 Å². The van der Waals surface area contributed by atoms with Crippen molar-refractivity contribution in [1.82, 2.24) is 10.6 Å². The SMILES string of the molecule is O=C(N[C@@H](NC(=S)Nc1c(Cl)cc(Cl)cc1Cl)C(Cl)(Cl)Cl)c1ccc(Br)cc1. The summed E-state index contributed by atoms with van der Waals surface area (Å²) >= 11 is 44.5. The topological polar surface area (TPSA) is 53.2 Å². The molecule has 28 heavy (non-hydrogen) atoms. The van der Waals surface area contributed by atoms with Gasteiger partial charge in [0.25, 0.3) is 5.91 Å². The van der Waals surface area contributed by atoms with Crippen LogP contribution in [0.25, 0.3) is 0 Å². The molecule has 1 atom stereocenters. The van der Waals surface area contributed by atoms with Crippen molar-refractivity contribution >= 4 is 114 Å². The highest BCUT2D eigenvalue weighted by atomic mass is 79.9. The van der Waals surface area contributed by atoms with Crippen molar-refractivity contribution in [3.05, 3.63) is 61.5 Å². The van der Waals surface area contributed by atoms with Crippen molar-refractivity contribution in [2.75, 3.05) is 5.32 Å². The summed E-state index contributed by atoms with van der Waals surface area (Å²) in [7, 11) is 0. The van der Waals surface area contributed by atoms with Gasteiger partial charge in [0.1, 0.15) is 6.17 Å². The second kappa shape index (κ2) is 10.2. The first-order valence-electron chi connectivity index (χ1n) is 7.32. The molecular formula is C16H10BrCl6N3OS. The van der Waals surface area contributed by atoms with Gasteiger partial charge < -0.3 is 16.0 Å². The number of benzene rings is 2. The van der Waals surface area contributed by atoms with E-state index in [0.29, 0.717) is 16.3 Å². The van der Waals surface area contributed by atoms with E-state index >= 15 is 0 Å². The maximum absolute atomic E-state index is 12.4. The minimum Gasteiger partial charge on any atom is -0.339 e. The van der Waals surface area contributed by atoms with E-state index in [-0.39, 0.29) is 15.2 Å². The maximum atomic E-state index is 12.4. The van der Waals surface area contributed by atoms with E-state index in [1.165, 1.54) is 12.1 Å². The first-order chi connectivity index (χ1) is 13.0. The molecule has 150 valence electrons. The van der Waals surface area contributed by atoms with Gasteiger partial charge in [-0.1, -0.05) is 85.5 Å². The van der Waals surface area contributed by atoms with E-state index in [1.807, 2.05) is 0 Å². The molecule has 2 rings (SSSR count). The second-order valence-corrected chi connectivity index (χ2v) is 10.2. The summed E-state index contributed by atoms with van der Waals surface area (Å²) in [5.41, 5.74) is 0.680. The number of amides is 1. The second-order valence-electron chi connectivity index (χ2n) is 5.30. The van der Waals surface area contributed by atoms with Crippen molar-refractivity contribution in [3.63, 3.8) is 0 Å². The lowest BCUT2D eigenvalue weighted by Gasteiger charge is -2.28. The highest BCUT2D eigenvalue weighted by molar-refractivity contribution is 9.10. The number of halogens is 7. The van der Waals surface area contributed by atoms with Gasteiger partial charge in [0.15, 0.2) is 5.11 Å². The number of carbonyl (C=O) groups is 1. The fourth-order valence-corrected chi connectivity index (χ4v) is 3.68. The third-order valence-corrected chi connectivity index (χ3v) is 5.45. The van der Waals surface area contributed by atoms with Crippen molar-refractivity contribution < 1.29 is 4.79 Å². The van der Waals surface area contributed by atoms with Crippen LogP contribution >= 0.6 is 97.8 Å². The Kier molecular flexibility index (Phi) is 8.80. The van der Waals surface area contributed by atoms with Gasteiger partial charge in [0.2, 0.25) is 3.79 Å². The fraction of sp³-hybridized carbons (Fsp3) is 0.125. The number of thiocarbonyl (C=S) groups is 1. The average molecular weight is 585 g/mol. The number of hydrogen-bond acceptors (Lipinski definition) is 2. The Balaban J connectivity index is 2.13. The largest absolute Gasteiger partial charge is 0.339 e.